The van der Waals surface area contributed by atoms with Crippen LogP contribution >= 0.6 is 0 Å². The smallest absolute Gasteiger partial charge is 0.228 e. The minimum absolute atomic E-state index is 0.101. The Kier molecular flexibility index (Phi) is 3.24. The van der Waals surface area contributed by atoms with Crippen LogP contribution in [0.2, 0.25) is 0 Å². The van der Waals surface area contributed by atoms with E-state index in [1.807, 2.05) is 24.7 Å². The van der Waals surface area contributed by atoms with Crippen LogP contribution in [0.4, 0.5) is 5.69 Å². The first kappa shape index (κ1) is 11.1. The number of carbonyl (C=O) groups is 1. The molecule has 5 heteroatoms. The quantitative estimate of drug-likeness (QED) is 0.793. The van der Waals surface area contributed by atoms with Gasteiger partial charge < -0.3 is 10.6 Å². The van der Waals surface area contributed by atoms with Crippen LogP contribution in [0.15, 0.2) is 6.20 Å². The molecule has 0 spiro atoms. The van der Waals surface area contributed by atoms with Crippen molar-refractivity contribution in [2.75, 3.05) is 18.4 Å². The molecule has 0 unspecified atom stereocenters. The summed E-state index contributed by atoms with van der Waals surface area (Å²) < 4.78 is 1.83. The van der Waals surface area contributed by atoms with Gasteiger partial charge in [-0.25, -0.2) is 0 Å². The Bertz CT molecular complexity index is 379. The van der Waals surface area contributed by atoms with Crippen LogP contribution in [-0.4, -0.2) is 28.8 Å². The predicted octanol–water partition coefficient (Wildman–Crippen LogP) is 0.759. The van der Waals surface area contributed by atoms with E-state index in [4.69, 9.17) is 0 Å². The van der Waals surface area contributed by atoms with Gasteiger partial charge in [0.2, 0.25) is 5.91 Å². The zero-order valence-corrected chi connectivity index (χ0v) is 9.79. The average Bonchev–Trinajstić information content (AvgIpc) is 2.88. The molecule has 0 radical (unpaired) electrons. The predicted molar refractivity (Wildman–Crippen MR) is 62.2 cm³/mol. The lowest BCUT2D eigenvalue weighted by atomic mass is 10.1. The summed E-state index contributed by atoms with van der Waals surface area (Å²) in [5.74, 6) is 0.202. The number of amides is 1. The van der Waals surface area contributed by atoms with E-state index in [0.717, 1.165) is 37.4 Å². The van der Waals surface area contributed by atoms with Gasteiger partial charge >= 0.3 is 0 Å². The fraction of sp³-hybridized carbons (Fsp3) is 0.636. The van der Waals surface area contributed by atoms with Crippen molar-refractivity contribution >= 4 is 11.6 Å². The average molecular weight is 222 g/mol. The van der Waals surface area contributed by atoms with Gasteiger partial charge in [0.05, 0.1) is 17.3 Å². The number of hydrogen-bond donors (Lipinski definition) is 2. The lowest BCUT2D eigenvalue weighted by Gasteiger charge is -2.08. The number of hydrogen-bond acceptors (Lipinski definition) is 3. The molecule has 5 nitrogen and oxygen atoms in total. The largest absolute Gasteiger partial charge is 0.323 e. The number of carbonyl (C=O) groups excluding carboxylic acids is 1. The van der Waals surface area contributed by atoms with E-state index in [0.29, 0.717) is 0 Å². The number of rotatable bonds is 3. The fourth-order valence-electron chi connectivity index (χ4n) is 1.92. The highest BCUT2D eigenvalue weighted by molar-refractivity contribution is 5.93. The maximum absolute atomic E-state index is 11.9. The van der Waals surface area contributed by atoms with Crippen molar-refractivity contribution < 1.29 is 4.79 Å². The second kappa shape index (κ2) is 4.65. The molecule has 2 N–H and O–H groups in total. The van der Waals surface area contributed by atoms with Crippen molar-refractivity contribution in [3.05, 3.63) is 11.9 Å². The van der Waals surface area contributed by atoms with Gasteiger partial charge in [-0.3, -0.25) is 9.48 Å². The monoisotopic (exact) mass is 222 g/mol. The summed E-state index contributed by atoms with van der Waals surface area (Å²) in [5, 5.41) is 10.4. The first-order valence-electron chi connectivity index (χ1n) is 5.76. The molecule has 16 heavy (non-hydrogen) atoms. The lowest BCUT2D eigenvalue weighted by molar-refractivity contribution is -0.119. The van der Waals surface area contributed by atoms with E-state index in [2.05, 4.69) is 15.7 Å². The van der Waals surface area contributed by atoms with Gasteiger partial charge in [0.25, 0.3) is 0 Å². The van der Waals surface area contributed by atoms with Gasteiger partial charge in [0, 0.05) is 19.3 Å². The number of aryl methyl sites for hydroxylation is 2. The zero-order valence-electron chi connectivity index (χ0n) is 9.79. The first-order valence-corrected chi connectivity index (χ1v) is 5.76. The van der Waals surface area contributed by atoms with Crippen LogP contribution in [0, 0.1) is 12.8 Å². The molecule has 1 aliphatic heterocycles. The van der Waals surface area contributed by atoms with E-state index in [9.17, 15) is 4.79 Å². The maximum Gasteiger partial charge on any atom is 0.228 e. The van der Waals surface area contributed by atoms with Crippen molar-refractivity contribution in [2.24, 2.45) is 5.92 Å². The standard InChI is InChI=1S/C11H18N4O/c1-3-15-7-10(8(2)14-15)13-11(16)9-4-5-12-6-9/h7,9,12H,3-6H2,1-2H3,(H,13,16)/t9-/m1/s1. The minimum Gasteiger partial charge on any atom is -0.323 e. The SMILES string of the molecule is CCn1cc(NC(=O)[C@@H]2CCNC2)c(C)n1. The summed E-state index contributed by atoms with van der Waals surface area (Å²) in [6.45, 7) is 6.48. The van der Waals surface area contributed by atoms with Gasteiger partial charge in [-0.05, 0) is 26.8 Å². The van der Waals surface area contributed by atoms with E-state index in [-0.39, 0.29) is 11.8 Å². The zero-order chi connectivity index (χ0) is 11.5. The molecule has 1 aromatic rings. The third-order valence-corrected chi connectivity index (χ3v) is 2.96. The van der Waals surface area contributed by atoms with Crippen molar-refractivity contribution in [3.8, 4) is 0 Å². The molecule has 0 aromatic carbocycles. The third kappa shape index (κ3) is 2.24. The van der Waals surface area contributed by atoms with Crippen LogP contribution in [0.5, 0.6) is 0 Å². The van der Waals surface area contributed by atoms with Gasteiger partial charge in [-0.1, -0.05) is 0 Å². The van der Waals surface area contributed by atoms with Crippen molar-refractivity contribution in [3.63, 3.8) is 0 Å². The number of aromatic nitrogens is 2. The molecular formula is C11H18N4O. The molecule has 0 saturated carbocycles. The Balaban J connectivity index is 2.02. The summed E-state index contributed by atoms with van der Waals surface area (Å²) in [4.78, 5) is 11.9. The van der Waals surface area contributed by atoms with Crippen LogP contribution in [0.1, 0.15) is 19.0 Å². The number of anilines is 1. The summed E-state index contributed by atoms with van der Waals surface area (Å²) in [6, 6.07) is 0. The van der Waals surface area contributed by atoms with Crippen LogP contribution in [-0.2, 0) is 11.3 Å². The van der Waals surface area contributed by atoms with Crippen LogP contribution < -0.4 is 10.6 Å². The molecule has 0 bridgehead atoms. The highest BCUT2D eigenvalue weighted by Crippen LogP contribution is 2.16. The Morgan fingerprint density at radius 1 is 1.75 bits per heavy atom. The fourth-order valence-corrected chi connectivity index (χ4v) is 1.92. The van der Waals surface area contributed by atoms with E-state index in [1.165, 1.54) is 0 Å². The van der Waals surface area contributed by atoms with Crippen molar-refractivity contribution in [2.45, 2.75) is 26.8 Å². The molecule has 1 aliphatic rings. The topological polar surface area (TPSA) is 59.0 Å². The first-order chi connectivity index (χ1) is 7.70. The Morgan fingerprint density at radius 3 is 3.12 bits per heavy atom. The van der Waals surface area contributed by atoms with Crippen LogP contribution in [0.3, 0.4) is 0 Å². The molecule has 0 aliphatic carbocycles. The minimum atomic E-state index is 0.101. The van der Waals surface area contributed by atoms with E-state index in [1.54, 1.807) is 0 Å². The Morgan fingerprint density at radius 2 is 2.56 bits per heavy atom. The number of nitrogens with zero attached hydrogens (tertiary/aromatic N) is 2. The Labute approximate surface area is 95.2 Å². The second-order valence-electron chi connectivity index (χ2n) is 4.16. The lowest BCUT2D eigenvalue weighted by Crippen LogP contribution is -2.24. The van der Waals surface area contributed by atoms with Gasteiger partial charge in [0.15, 0.2) is 0 Å². The van der Waals surface area contributed by atoms with Crippen molar-refractivity contribution in [1.82, 2.24) is 15.1 Å². The number of nitrogens with one attached hydrogen (secondary N) is 2. The highest BCUT2D eigenvalue weighted by atomic mass is 16.1. The molecule has 1 aromatic heterocycles. The molecule has 1 atom stereocenters. The van der Waals surface area contributed by atoms with E-state index >= 15 is 0 Å². The summed E-state index contributed by atoms with van der Waals surface area (Å²) >= 11 is 0. The second-order valence-corrected chi connectivity index (χ2v) is 4.16. The normalized spacial score (nSPS) is 20.0. The highest BCUT2D eigenvalue weighted by Gasteiger charge is 2.23. The summed E-state index contributed by atoms with van der Waals surface area (Å²) in [7, 11) is 0. The molecule has 2 rings (SSSR count). The van der Waals surface area contributed by atoms with Crippen LogP contribution in [0.25, 0.3) is 0 Å². The van der Waals surface area contributed by atoms with Gasteiger partial charge in [0.1, 0.15) is 0 Å². The molecule has 1 amide bonds. The molecule has 1 saturated heterocycles. The van der Waals surface area contributed by atoms with Gasteiger partial charge in [-0.2, -0.15) is 5.10 Å². The summed E-state index contributed by atoms with van der Waals surface area (Å²) in [5.41, 5.74) is 1.71. The molecule has 1 fully saturated rings. The van der Waals surface area contributed by atoms with E-state index < -0.39 is 0 Å². The third-order valence-electron chi connectivity index (χ3n) is 2.96. The molecule has 88 valence electrons. The molecule has 2 heterocycles. The summed E-state index contributed by atoms with van der Waals surface area (Å²) in [6.07, 6.45) is 2.81. The van der Waals surface area contributed by atoms with Crippen molar-refractivity contribution in [1.29, 1.82) is 0 Å². The maximum atomic E-state index is 11.9. The van der Waals surface area contributed by atoms with Gasteiger partial charge in [-0.15, -0.1) is 0 Å². The molecular weight excluding hydrogens is 204 g/mol. The Hall–Kier alpha value is -1.36.